The van der Waals surface area contributed by atoms with Gasteiger partial charge in [0.1, 0.15) is 0 Å². The van der Waals surface area contributed by atoms with Gasteiger partial charge in [0.05, 0.1) is 24.2 Å². The van der Waals surface area contributed by atoms with Crippen molar-refractivity contribution in [3.8, 4) is 5.75 Å². The smallest absolute Gasteiger partial charge is 0.255 e. The van der Waals surface area contributed by atoms with Crippen LogP contribution in [0.25, 0.3) is 0 Å². The largest absolute Gasteiger partial charge is 0.494 e. The molecular weight excluding hydrogens is 399 g/mol. The molecule has 2 aromatic rings. The van der Waals surface area contributed by atoms with Crippen molar-refractivity contribution in [2.45, 2.75) is 31.0 Å². The van der Waals surface area contributed by atoms with Crippen molar-refractivity contribution in [2.24, 2.45) is 0 Å². The Kier molecular flexibility index (Phi) is 6.21. The van der Waals surface area contributed by atoms with Gasteiger partial charge in [0.2, 0.25) is 10.0 Å². The minimum Gasteiger partial charge on any atom is -0.494 e. The zero-order valence-electron chi connectivity index (χ0n) is 16.4. The maximum Gasteiger partial charge on any atom is 0.255 e. The Morgan fingerprint density at radius 1 is 1.14 bits per heavy atom. The van der Waals surface area contributed by atoms with Crippen molar-refractivity contribution < 1.29 is 27.1 Å². The van der Waals surface area contributed by atoms with Gasteiger partial charge < -0.3 is 14.8 Å². The highest BCUT2D eigenvalue weighted by Gasteiger charge is 2.32. The summed E-state index contributed by atoms with van der Waals surface area (Å²) >= 11 is 0. The van der Waals surface area contributed by atoms with E-state index in [1.54, 1.807) is 0 Å². The SMILES string of the molecule is COc1ccc(C(=O)Nc2ccc(S(=O)(=O)N3CC(C)OC(C)C3)cc2)cc1F. The van der Waals surface area contributed by atoms with E-state index in [0.29, 0.717) is 5.69 Å². The van der Waals surface area contributed by atoms with E-state index >= 15 is 0 Å². The summed E-state index contributed by atoms with van der Waals surface area (Å²) in [6, 6.07) is 9.75. The number of carbonyl (C=O) groups excluding carboxylic acids is 1. The molecule has 1 N–H and O–H groups in total. The Balaban J connectivity index is 1.73. The number of amides is 1. The third-order valence-corrected chi connectivity index (χ3v) is 6.40. The first-order valence-electron chi connectivity index (χ1n) is 9.11. The predicted molar refractivity (Wildman–Crippen MR) is 106 cm³/mol. The summed E-state index contributed by atoms with van der Waals surface area (Å²) < 4.78 is 51.3. The number of ether oxygens (including phenoxy) is 2. The Labute approximate surface area is 169 Å². The molecule has 1 aliphatic rings. The molecule has 1 fully saturated rings. The van der Waals surface area contributed by atoms with Crippen LogP contribution in [-0.4, -0.2) is 51.0 Å². The van der Waals surface area contributed by atoms with Gasteiger partial charge in [0.25, 0.3) is 5.91 Å². The Hall–Kier alpha value is -2.49. The van der Waals surface area contributed by atoms with E-state index in [0.717, 1.165) is 6.07 Å². The first-order valence-corrected chi connectivity index (χ1v) is 10.6. The molecule has 2 atom stereocenters. The topological polar surface area (TPSA) is 84.9 Å². The lowest BCUT2D eigenvalue weighted by molar-refractivity contribution is -0.0440. The number of rotatable bonds is 5. The lowest BCUT2D eigenvalue weighted by Gasteiger charge is -2.34. The quantitative estimate of drug-likeness (QED) is 0.801. The van der Waals surface area contributed by atoms with Crippen LogP contribution in [0, 0.1) is 5.82 Å². The van der Waals surface area contributed by atoms with Gasteiger partial charge in [-0.25, -0.2) is 12.8 Å². The van der Waals surface area contributed by atoms with Gasteiger partial charge in [0, 0.05) is 24.3 Å². The van der Waals surface area contributed by atoms with Gasteiger partial charge in [-0.1, -0.05) is 0 Å². The molecule has 1 saturated heterocycles. The average molecular weight is 422 g/mol. The average Bonchev–Trinajstić information content (AvgIpc) is 2.67. The normalized spacial score (nSPS) is 20.3. The van der Waals surface area contributed by atoms with Gasteiger partial charge in [-0.05, 0) is 56.3 Å². The molecule has 0 aliphatic carbocycles. The molecule has 2 aromatic carbocycles. The van der Waals surface area contributed by atoms with Crippen LogP contribution in [0.1, 0.15) is 24.2 Å². The number of carbonyl (C=O) groups is 1. The molecule has 9 heteroatoms. The van der Waals surface area contributed by atoms with E-state index in [4.69, 9.17) is 9.47 Å². The molecule has 156 valence electrons. The van der Waals surface area contributed by atoms with Crippen molar-refractivity contribution in [2.75, 3.05) is 25.5 Å². The molecule has 0 bridgehead atoms. The lowest BCUT2D eigenvalue weighted by Crippen LogP contribution is -2.48. The van der Waals surface area contributed by atoms with E-state index in [2.05, 4.69) is 5.32 Å². The van der Waals surface area contributed by atoms with Crippen molar-refractivity contribution in [3.63, 3.8) is 0 Å². The number of methoxy groups -OCH3 is 1. The number of sulfonamides is 1. The highest BCUT2D eigenvalue weighted by molar-refractivity contribution is 7.89. The standard InChI is InChI=1S/C20H23FN2O5S/c1-13-11-23(12-14(2)28-13)29(25,26)17-7-5-16(6-8-17)22-20(24)15-4-9-19(27-3)18(21)10-15/h4-10,13-14H,11-12H2,1-3H3,(H,22,24). The fourth-order valence-corrected chi connectivity index (χ4v) is 4.79. The fourth-order valence-electron chi connectivity index (χ4n) is 3.20. The Morgan fingerprint density at radius 3 is 2.31 bits per heavy atom. The van der Waals surface area contributed by atoms with Gasteiger partial charge in [-0.15, -0.1) is 0 Å². The highest BCUT2D eigenvalue weighted by atomic mass is 32.2. The third-order valence-electron chi connectivity index (χ3n) is 4.55. The second kappa shape index (κ2) is 8.48. The van der Waals surface area contributed by atoms with E-state index in [9.17, 15) is 17.6 Å². The second-order valence-corrected chi connectivity index (χ2v) is 8.85. The molecule has 29 heavy (non-hydrogen) atoms. The molecule has 1 heterocycles. The minimum atomic E-state index is -3.66. The molecule has 1 amide bonds. The molecule has 7 nitrogen and oxygen atoms in total. The minimum absolute atomic E-state index is 0.0443. The van der Waals surface area contributed by atoms with Crippen molar-refractivity contribution in [1.82, 2.24) is 4.31 Å². The van der Waals surface area contributed by atoms with Gasteiger partial charge in [-0.2, -0.15) is 4.31 Å². The van der Waals surface area contributed by atoms with Crippen LogP contribution in [-0.2, 0) is 14.8 Å². The van der Waals surface area contributed by atoms with Crippen LogP contribution in [0.5, 0.6) is 5.75 Å². The monoisotopic (exact) mass is 422 g/mol. The maximum atomic E-state index is 13.8. The van der Waals surface area contributed by atoms with Crippen LogP contribution in [0.2, 0.25) is 0 Å². The molecule has 0 saturated carbocycles. The number of hydrogen-bond acceptors (Lipinski definition) is 5. The van der Waals surface area contributed by atoms with Crippen molar-refractivity contribution in [1.29, 1.82) is 0 Å². The zero-order chi connectivity index (χ0) is 21.2. The maximum absolute atomic E-state index is 13.8. The van der Waals surface area contributed by atoms with Gasteiger partial charge >= 0.3 is 0 Å². The predicted octanol–water partition coefficient (Wildman–Crippen LogP) is 2.88. The summed E-state index contributed by atoms with van der Waals surface area (Å²) in [5.41, 5.74) is 0.519. The summed E-state index contributed by atoms with van der Waals surface area (Å²) in [5, 5.41) is 2.62. The molecule has 0 aromatic heterocycles. The lowest BCUT2D eigenvalue weighted by atomic mass is 10.2. The Morgan fingerprint density at radius 2 is 1.76 bits per heavy atom. The molecule has 1 aliphatic heterocycles. The molecular formula is C20H23FN2O5S. The van der Waals surface area contributed by atoms with Gasteiger partial charge in [-0.3, -0.25) is 4.79 Å². The number of anilines is 1. The fraction of sp³-hybridized carbons (Fsp3) is 0.350. The van der Waals surface area contributed by atoms with Crippen molar-refractivity contribution >= 4 is 21.6 Å². The first-order chi connectivity index (χ1) is 13.7. The summed E-state index contributed by atoms with van der Waals surface area (Å²) in [5.74, 6) is -1.11. The summed E-state index contributed by atoms with van der Waals surface area (Å²) in [6.07, 6.45) is -0.367. The number of nitrogens with zero attached hydrogens (tertiary/aromatic N) is 1. The van der Waals surface area contributed by atoms with Crippen LogP contribution >= 0.6 is 0 Å². The van der Waals surface area contributed by atoms with Gasteiger partial charge in [0.15, 0.2) is 11.6 Å². The summed E-state index contributed by atoms with van der Waals surface area (Å²) in [6.45, 7) is 4.24. The number of halogens is 1. The number of benzene rings is 2. The van der Waals surface area contributed by atoms with Crippen LogP contribution in [0.4, 0.5) is 10.1 Å². The number of hydrogen-bond donors (Lipinski definition) is 1. The summed E-state index contributed by atoms with van der Waals surface area (Å²) in [4.78, 5) is 12.4. The molecule has 3 rings (SSSR count). The third kappa shape index (κ3) is 4.75. The summed E-state index contributed by atoms with van der Waals surface area (Å²) in [7, 11) is -2.32. The second-order valence-electron chi connectivity index (χ2n) is 6.91. The number of morpholine rings is 1. The molecule has 0 radical (unpaired) electrons. The van der Waals surface area contributed by atoms with E-state index < -0.39 is 21.7 Å². The van der Waals surface area contributed by atoms with Crippen molar-refractivity contribution in [3.05, 3.63) is 53.8 Å². The zero-order valence-corrected chi connectivity index (χ0v) is 17.2. The first kappa shape index (κ1) is 21.2. The number of nitrogens with one attached hydrogen (secondary N) is 1. The molecule has 0 spiro atoms. The molecule has 2 unspecified atom stereocenters. The van der Waals surface area contributed by atoms with Crippen LogP contribution in [0.3, 0.4) is 0 Å². The van der Waals surface area contributed by atoms with E-state index in [1.807, 2.05) is 13.8 Å². The highest BCUT2D eigenvalue weighted by Crippen LogP contribution is 2.23. The van der Waals surface area contributed by atoms with E-state index in [1.165, 1.54) is 47.8 Å². The Bertz CT molecular complexity index is 984. The van der Waals surface area contributed by atoms with Crippen LogP contribution < -0.4 is 10.1 Å². The van der Waals surface area contributed by atoms with Crippen LogP contribution in [0.15, 0.2) is 47.4 Å². The van der Waals surface area contributed by atoms with E-state index in [-0.39, 0.29) is 41.5 Å².